The number of sulfonamides is 1. The van der Waals surface area contributed by atoms with Crippen molar-refractivity contribution < 1.29 is 22.3 Å². The van der Waals surface area contributed by atoms with Crippen LogP contribution < -0.4 is 20.5 Å². The van der Waals surface area contributed by atoms with E-state index in [2.05, 4.69) is 4.39 Å². The molecule has 40 heavy (non-hydrogen) atoms. The Labute approximate surface area is 239 Å². The van der Waals surface area contributed by atoms with Crippen LogP contribution in [0.3, 0.4) is 0 Å². The van der Waals surface area contributed by atoms with Gasteiger partial charge in [0.1, 0.15) is 16.8 Å². The SMILES string of the molecule is CC(C)(C)C(OC(N)=O)C(C)(C)c1ccc(S(=O)(=O)N[Si](c2ccccc2)(c2ccccc2)C(C)(C)C)c(F)c1. The van der Waals surface area contributed by atoms with Crippen molar-refractivity contribution in [1.29, 1.82) is 0 Å². The normalized spacial score (nSPS) is 14.0. The van der Waals surface area contributed by atoms with Gasteiger partial charge < -0.3 is 10.5 Å². The van der Waals surface area contributed by atoms with Gasteiger partial charge in [-0.3, -0.25) is 0 Å². The van der Waals surface area contributed by atoms with Gasteiger partial charge in [0, 0.05) is 5.41 Å². The highest BCUT2D eigenvalue weighted by Gasteiger charge is 2.51. The molecule has 3 N–H and O–H groups in total. The molecule has 9 heteroatoms. The monoisotopic (exact) mass is 584 g/mol. The minimum absolute atomic E-state index is 0.442. The molecule has 0 bridgehead atoms. The van der Waals surface area contributed by atoms with E-state index in [9.17, 15) is 13.2 Å². The minimum atomic E-state index is -4.33. The Bertz CT molecular complexity index is 1410. The summed E-state index contributed by atoms with van der Waals surface area (Å²) in [6.45, 7) is 15.3. The number of amides is 1. The summed E-state index contributed by atoms with van der Waals surface area (Å²) in [4.78, 5) is 11.2. The molecule has 1 unspecified atom stereocenters. The molecule has 0 saturated heterocycles. The first-order valence-electron chi connectivity index (χ1n) is 13.2. The molecule has 216 valence electrons. The summed E-state index contributed by atoms with van der Waals surface area (Å²) < 4.78 is 52.5. The second-order valence-electron chi connectivity index (χ2n) is 12.9. The molecule has 0 saturated carbocycles. The Hall–Kier alpha value is -3.01. The summed E-state index contributed by atoms with van der Waals surface area (Å²) in [6.07, 6.45) is -1.63. The molecule has 0 heterocycles. The van der Waals surface area contributed by atoms with E-state index in [1.54, 1.807) is 6.07 Å². The van der Waals surface area contributed by atoms with Gasteiger partial charge in [0.2, 0.25) is 18.3 Å². The third kappa shape index (κ3) is 6.16. The fourth-order valence-electron chi connectivity index (χ4n) is 5.73. The molecule has 1 amide bonds. The summed E-state index contributed by atoms with van der Waals surface area (Å²) in [7, 11) is -7.60. The largest absolute Gasteiger partial charge is 0.445 e. The van der Waals surface area contributed by atoms with Gasteiger partial charge in [-0.05, 0) is 38.5 Å². The second-order valence-corrected chi connectivity index (χ2v) is 19.3. The number of nitrogens with two attached hydrogens (primary N) is 1. The first-order valence-corrected chi connectivity index (χ1v) is 16.7. The Morgan fingerprint density at radius 3 is 1.70 bits per heavy atom. The maximum absolute atomic E-state index is 15.8. The van der Waals surface area contributed by atoms with Crippen LogP contribution in [0, 0.1) is 11.2 Å². The third-order valence-electron chi connectivity index (χ3n) is 7.47. The number of hydrogen-bond acceptors (Lipinski definition) is 4. The van der Waals surface area contributed by atoms with E-state index in [0.29, 0.717) is 5.56 Å². The van der Waals surface area contributed by atoms with Crippen LogP contribution in [0.25, 0.3) is 0 Å². The van der Waals surface area contributed by atoms with Gasteiger partial charge in [-0.25, -0.2) is 22.0 Å². The van der Waals surface area contributed by atoms with E-state index in [1.807, 2.05) is 116 Å². The molecule has 0 fully saturated rings. The maximum Gasteiger partial charge on any atom is 0.404 e. The van der Waals surface area contributed by atoms with E-state index in [0.717, 1.165) is 10.4 Å². The van der Waals surface area contributed by atoms with Crippen molar-refractivity contribution in [3.63, 3.8) is 0 Å². The van der Waals surface area contributed by atoms with E-state index in [4.69, 9.17) is 10.5 Å². The molecular weight excluding hydrogens is 544 g/mol. The highest BCUT2D eigenvalue weighted by atomic mass is 32.2. The lowest BCUT2D eigenvalue weighted by Gasteiger charge is -2.43. The highest BCUT2D eigenvalue weighted by Crippen LogP contribution is 2.40. The molecule has 3 rings (SSSR count). The zero-order valence-corrected chi connectivity index (χ0v) is 26.4. The van der Waals surface area contributed by atoms with Crippen LogP contribution >= 0.6 is 0 Å². The molecule has 6 nitrogen and oxygen atoms in total. The van der Waals surface area contributed by atoms with Gasteiger partial charge in [-0.1, -0.05) is 122 Å². The van der Waals surface area contributed by atoms with E-state index < -0.39 is 57.0 Å². The summed E-state index contributed by atoms with van der Waals surface area (Å²) in [6, 6.07) is 23.1. The lowest BCUT2D eigenvalue weighted by molar-refractivity contribution is -0.00911. The number of carbonyl (C=O) groups excluding carboxylic acids is 1. The predicted molar refractivity (Wildman–Crippen MR) is 161 cm³/mol. The Morgan fingerprint density at radius 1 is 0.850 bits per heavy atom. The number of primary amides is 1. The van der Waals surface area contributed by atoms with Crippen LogP contribution in [0.4, 0.5) is 9.18 Å². The van der Waals surface area contributed by atoms with Crippen molar-refractivity contribution in [1.82, 2.24) is 4.39 Å². The van der Waals surface area contributed by atoms with Crippen molar-refractivity contribution >= 4 is 34.7 Å². The van der Waals surface area contributed by atoms with Gasteiger partial charge in [-0.2, -0.15) is 0 Å². The second kappa shape index (κ2) is 11.1. The number of rotatable bonds is 8. The molecule has 0 aliphatic carbocycles. The Kier molecular flexibility index (Phi) is 8.75. The molecular formula is C31H41FN2O4SSi. The first kappa shape index (κ1) is 31.5. The number of hydrogen-bond donors (Lipinski definition) is 2. The topological polar surface area (TPSA) is 98.5 Å². The fourth-order valence-corrected chi connectivity index (χ4v) is 14.0. The average molecular weight is 585 g/mol. The minimum Gasteiger partial charge on any atom is -0.445 e. The van der Waals surface area contributed by atoms with Crippen molar-refractivity contribution in [2.45, 2.75) is 76.8 Å². The number of nitrogens with one attached hydrogen (secondary N) is 1. The van der Waals surface area contributed by atoms with Gasteiger partial charge in [0.05, 0.1) is 0 Å². The van der Waals surface area contributed by atoms with Crippen LogP contribution in [-0.4, -0.2) is 28.9 Å². The molecule has 0 aliphatic heterocycles. The van der Waals surface area contributed by atoms with E-state index in [1.165, 1.54) is 12.1 Å². The molecule has 0 radical (unpaired) electrons. The van der Waals surface area contributed by atoms with Crippen molar-refractivity contribution in [3.8, 4) is 0 Å². The zero-order valence-electron chi connectivity index (χ0n) is 24.6. The quantitative estimate of drug-likeness (QED) is 0.344. The molecule has 3 aromatic carbocycles. The van der Waals surface area contributed by atoms with Gasteiger partial charge >= 0.3 is 6.09 Å². The highest BCUT2D eigenvalue weighted by molar-refractivity contribution is 7.91. The third-order valence-corrected chi connectivity index (χ3v) is 15.3. The van der Waals surface area contributed by atoms with Crippen LogP contribution in [0.2, 0.25) is 5.04 Å². The van der Waals surface area contributed by atoms with Crippen molar-refractivity contribution in [2.24, 2.45) is 11.1 Å². The number of halogens is 1. The molecule has 0 spiro atoms. The lowest BCUT2D eigenvalue weighted by Crippen LogP contribution is -2.74. The maximum atomic E-state index is 15.8. The van der Waals surface area contributed by atoms with Crippen molar-refractivity contribution in [2.75, 3.05) is 0 Å². The van der Waals surface area contributed by atoms with Gasteiger partial charge in [-0.15, -0.1) is 0 Å². The first-order chi connectivity index (χ1) is 18.3. The summed E-state index contributed by atoms with van der Waals surface area (Å²) >= 11 is 0. The molecule has 0 aromatic heterocycles. The number of ether oxygens (including phenoxy) is 1. The molecule has 3 aromatic rings. The number of carbonyl (C=O) groups is 1. The van der Waals surface area contributed by atoms with Crippen LogP contribution in [0.15, 0.2) is 83.8 Å². The summed E-state index contributed by atoms with van der Waals surface area (Å²) in [5, 5.41) is 1.21. The van der Waals surface area contributed by atoms with E-state index in [-0.39, 0.29) is 0 Å². The predicted octanol–water partition coefficient (Wildman–Crippen LogP) is 5.45. The number of benzene rings is 3. The Morgan fingerprint density at radius 2 is 1.32 bits per heavy atom. The molecule has 0 aliphatic rings. The van der Waals surface area contributed by atoms with Gasteiger partial charge in [0.15, 0.2) is 0 Å². The van der Waals surface area contributed by atoms with Crippen LogP contribution in [-0.2, 0) is 20.2 Å². The molecule has 1 atom stereocenters. The lowest BCUT2D eigenvalue weighted by atomic mass is 9.69. The van der Waals surface area contributed by atoms with E-state index >= 15 is 4.39 Å². The summed E-state index contributed by atoms with van der Waals surface area (Å²) in [5.74, 6) is -0.886. The average Bonchev–Trinajstić information content (AvgIpc) is 2.85. The summed E-state index contributed by atoms with van der Waals surface area (Å²) in [5.41, 5.74) is 4.43. The van der Waals surface area contributed by atoms with Crippen molar-refractivity contribution in [3.05, 3.63) is 90.2 Å². The zero-order chi connectivity index (χ0) is 30.1. The smallest absolute Gasteiger partial charge is 0.404 e. The van der Waals surface area contributed by atoms with Crippen LogP contribution in [0.5, 0.6) is 0 Å². The van der Waals surface area contributed by atoms with Gasteiger partial charge in [0.25, 0.3) is 0 Å². The Balaban J connectivity index is 2.17. The van der Waals surface area contributed by atoms with Crippen LogP contribution in [0.1, 0.15) is 61.0 Å². The fraction of sp³-hybridized carbons (Fsp3) is 0.387. The standard InChI is InChI=1S/C31H41FN2O4SSi/c1-29(2,3)27(38-28(33)35)31(7,8)22-19-20-26(25(32)21-22)39(36,37)34-40(30(4,5)6,23-15-11-9-12-16-23)24-17-13-10-14-18-24/h9-21,27,34H,1-8H3,(H2,33,35).